The highest BCUT2D eigenvalue weighted by atomic mass is 79.9. The maximum atomic E-state index is 12.4. The van der Waals surface area contributed by atoms with Crippen LogP contribution in [-0.4, -0.2) is 47.0 Å². The minimum absolute atomic E-state index is 0.121. The smallest absolute Gasteiger partial charge is 0.411 e. The fraction of sp³-hybridized carbons (Fsp3) is 0.526. The van der Waals surface area contributed by atoms with E-state index >= 15 is 0 Å². The van der Waals surface area contributed by atoms with Crippen LogP contribution in [0.15, 0.2) is 28.7 Å². The highest BCUT2D eigenvalue weighted by Gasteiger charge is 2.42. The molecule has 142 valence electrons. The van der Waals surface area contributed by atoms with Crippen LogP contribution in [0.3, 0.4) is 0 Å². The van der Waals surface area contributed by atoms with Gasteiger partial charge in [0.25, 0.3) is 0 Å². The molecule has 1 saturated heterocycles. The molecule has 2 rings (SSSR count). The van der Waals surface area contributed by atoms with Gasteiger partial charge in [0.15, 0.2) is 12.4 Å². The third kappa shape index (κ3) is 5.30. The van der Waals surface area contributed by atoms with E-state index in [2.05, 4.69) is 15.9 Å². The van der Waals surface area contributed by atoms with Crippen LogP contribution in [0.2, 0.25) is 0 Å². The van der Waals surface area contributed by atoms with Gasteiger partial charge < -0.3 is 9.47 Å². The maximum Gasteiger partial charge on any atom is 0.411 e. The lowest BCUT2D eigenvalue weighted by Crippen LogP contribution is -2.47. The van der Waals surface area contributed by atoms with Crippen molar-refractivity contribution in [1.82, 2.24) is 4.90 Å². The van der Waals surface area contributed by atoms with Crippen molar-refractivity contribution >= 4 is 33.8 Å². The number of ether oxygens (including phenoxy) is 2. The summed E-state index contributed by atoms with van der Waals surface area (Å²) in [7, 11) is 0. The Balaban J connectivity index is 1.97. The average Bonchev–Trinajstić information content (AvgIpc) is 2.93. The zero-order valence-electron chi connectivity index (χ0n) is 15.5. The number of halogens is 1. The Morgan fingerprint density at radius 3 is 2.35 bits per heavy atom. The van der Waals surface area contributed by atoms with Crippen molar-refractivity contribution in [1.29, 1.82) is 0 Å². The lowest BCUT2D eigenvalue weighted by Gasteiger charge is -2.30. The second kappa shape index (κ2) is 8.20. The number of hydrogen-bond acceptors (Lipinski definition) is 5. The molecule has 0 aliphatic carbocycles. The molecule has 0 N–H and O–H groups in total. The van der Waals surface area contributed by atoms with Gasteiger partial charge in [0, 0.05) is 16.1 Å². The van der Waals surface area contributed by atoms with Crippen LogP contribution >= 0.6 is 15.9 Å². The van der Waals surface area contributed by atoms with Gasteiger partial charge in [-0.1, -0.05) is 28.1 Å². The van der Waals surface area contributed by atoms with E-state index in [4.69, 9.17) is 9.47 Å². The van der Waals surface area contributed by atoms with Gasteiger partial charge >= 0.3 is 12.1 Å². The number of carbonyl (C=O) groups excluding carboxylic acids is 3. The maximum absolute atomic E-state index is 12.4. The van der Waals surface area contributed by atoms with Crippen molar-refractivity contribution in [2.24, 2.45) is 0 Å². The Kier molecular flexibility index (Phi) is 6.44. The molecule has 1 aliphatic rings. The Hall–Kier alpha value is -1.89. The van der Waals surface area contributed by atoms with Crippen LogP contribution in [-0.2, 0) is 14.3 Å². The predicted molar refractivity (Wildman–Crippen MR) is 100.0 cm³/mol. The van der Waals surface area contributed by atoms with Crippen LogP contribution in [0.5, 0.6) is 0 Å². The quantitative estimate of drug-likeness (QED) is 0.538. The van der Waals surface area contributed by atoms with E-state index in [1.807, 2.05) is 6.92 Å². The summed E-state index contributed by atoms with van der Waals surface area (Å²) in [5.41, 5.74) is -0.185. The van der Waals surface area contributed by atoms with Gasteiger partial charge in [0.05, 0.1) is 0 Å². The first-order valence-corrected chi connectivity index (χ1v) is 9.34. The molecule has 2 atom stereocenters. The Morgan fingerprint density at radius 2 is 1.77 bits per heavy atom. The van der Waals surface area contributed by atoms with Gasteiger partial charge in [-0.3, -0.25) is 9.69 Å². The van der Waals surface area contributed by atoms with E-state index in [9.17, 15) is 14.4 Å². The topological polar surface area (TPSA) is 72.9 Å². The van der Waals surface area contributed by atoms with Gasteiger partial charge in [0.1, 0.15) is 11.6 Å². The monoisotopic (exact) mass is 425 g/mol. The van der Waals surface area contributed by atoms with Crippen molar-refractivity contribution < 1.29 is 23.9 Å². The van der Waals surface area contributed by atoms with E-state index in [-0.39, 0.29) is 18.4 Å². The number of rotatable bonds is 4. The number of ketones is 1. The fourth-order valence-corrected chi connectivity index (χ4v) is 3.05. The number of nitrogens with zero attached hydrogens (tertiary/aromatic N) is 1. The second-order valence-electron chi connectivity index (χ2n) is 7.37. The summed E-state index contributed by atoms with van der Waals surface area (Å²) in [6.07, 6.45) is 0.634. The van der Waals surface area contributed by atoms with Crippen LogP contribution in [0.1, 0.15) is 50.9 Å². The van der Waals surface area contributed by atoms with Crippen molar-refractivity contribution in [3.05, 3.63) is 34.3 Å². The van der Waals surface area contributed by atoms with Gasteiger partial charge in [0.2, 0.25) is 0 Å². The third-order valence-electron chi connectivity index (χ3n) is 4.06. The normalized spacial score (nSPS) is 20.0. The van der Waals surface area contributed by atoms with Crippen LogP contribution in [0.4, 0.5) is 4.79 Å². The van der Waals surface area contributed by atoms with Gasteiger partial charge in [-0.25, -0.2) is 9.59 Å². The second-order valence-corrected chi connectivity index (χ2v) is 8.28. The van der Waals surface area contributed by atoms with E-state index in [0.717, 1.165) is 4.47 Å². The van der Waals surface area contributed by atoms with E-state index in [1.165, 1.54) is 4.90 Å². The van der Waals surface area contributed by atoms with Crippen molar-refractivity contribution in [3.8, 4) is 0 Å². The summed E-state index contributed by atoms with van der Waals surface area (Å²) in [6.45, 7) is 6.83. The molecule has 1 aromatic carbocycles. The SMILES string of the molecule is C[C@H]1CC[C@@H](C(=O)OCC(=O)c2ccc(Br)cc2)N1C(=O)OC(C)(C)C. The van der Waals surface area contributed by atoms with Gasteiger partial charge in [-0.2, -0.15) is 0 Å². The lowest BCUT2D eigenvalue weighted by atomic mass is 10.1. The van der Waals surface area contributed by atoms with Crippen LogP contribution in [0, 0.1) is 0 Å². The first-order valence-electron chi connectivity index (χ1n) is 8.55. The summed E-state index contributed by atoms with van der Waals surface area (Å²) in [6, 6.07) is 5.97. The zero-order valence-corrected chi connectivity index (χ0v) is 17.0. The molecule has 0 aromatic heterocycles. The molecule has 0 unspecified atom stereocenters. The summed E-state index contributed by atoms with van der Waals surface area (Å²) >= 11 is 3.30. The Morgan fingerprint density at radius 1 is 1.15 bits per heavy atom. The van der Waals surface area contributed by atoms with Crippen molar-refractivity contribution in [2.45, 2.75) is 58.2 Å². The Labute approximate surface area is 162 Å². The minimum Gasteiger partial charge on any atom is -0.456 e. The number of Topliss-reactive ketones (excluding diaryl/α,β-unsaturated/α-hetero) is 1. The fourth-order valence-electron chi connectivity index (χ4n) is 2.79. The highest BCUT2D eigenvalue weighted by molar-refractivity contribution is 9.10. The molecule has 6 nitrogen and oxygen atoms in total. The summed E-state index contributed by atoms with van der Waals surface area (Å²) in [5, 5.41) is 0. The van der Waals surface area contributed by atoms with E-state index < -0.39 is 23.7 Å². The molecule has 0 spiro atoms. The first kappa shape index (κ1) is 20.4. The number of carbonyl (C=O) groups is 3. The third-order valence-corrected chi connectivity index (χ3v) is 4.59. The molecule has 0 saturated carbocycles. The first-order chi connectivity index (χ1) is 12.1. The van der Waals surface area contributed by atoms with E-state index in [1.54, 1.807) is 45.0 Å². The number of hydrogen-bond donors (Lipinski definition) is 0. The zero-order chi connectivity index (χ0) is 19.5. The summed E-state index contributed by atoms with van der Waals surface area (Å²) in [5.74, 6) is -0.869. The van der Waals surface area contributed by atoms with Gasteiger partial charge in [-0.05, 0) is 52.7 Å². The number of esters is 1. The lowest BCUT2D eigenvalue weighted by molar-refractivity contribution is -0.148. The minimum atomic E-state index is -0.724. The van der Waals surface area contributed by atoms with Crippen LogP contribution in [0.25, 0.3) is 0 Å². The molecule has 1 fully saturated rings. The highest BCUT2D eigenvalue weighted by Crippen LogP contribution is 2.27. The number of likely N-dealkylation sites (tertiary alicyclic amines) is 1. The average molecular weight is 426 g/mol. The molecule has 0 bridgehead atoms. The largest absolute Gasteiger partial charge is 0.456 e. The molecule has 0 radical (unpaired) electrons. The number of amides is 1. The molecule has 1 heterocycles. The van der Waals surface area contributed by atoms with Crippen molar-refractivity contribution in [3.63, 3.8) is 0 Å². The molecule has 1 amide bonds. The number of benzene rings is 1. The molecular formula is C19H24BrNO5. The predicted octanol–water partition coefficient (Wildman–Crippen LogP) is 3.96. The molecule has 7 heteroatoms. The standard InChI is InChI=1S/C19H24BrNO5/c1-12-5-10-15(21(12)18(24)26-19(2,3)4)17(23)25-11-16(22)13-6-8-14(20)9-7-13/h6-9,12,15H,5,10-11H2,1-4H3/t12-,15-/m0/s1. The van der Waals surface area contributed by atoms with Crippen LogP contribution < -0.4 is 0 Å². The molecule has 26 heavy (non-hydrogen) atoms. The molecular weight excluding hydrogens is 402 g/mol. The van der Waals surface area contributed by atoms with Gasteiger partial charge in [-0.15, -0.1) is 0 Å². The Bertz CT molecular complexity index is 680. The molecule has 1 aromatic rings. The van der Waals surface area contributed by atoms with E-state index in [0.29, 0.717) is 18.4 Å². The summed E-state index contributed by atoms with van der Waals surface area (Å²) in [4.78, 5) is 38.4. The van der Waals surface area contributed by atoms with Crippen molar-refractivity contribution in [2.75, 3.05) is 6.61 Å². The molecule has 1 aliphatic heterocycles. The summed E-state index contributed by atoms with van der Waals surface area (Å²) < 4.78 is 11.4.